The van der Waals surface area contributed by atoms with Gasteiger partial charge in [-0.2, -0.15) is 0 Å². The van der Waals surface area contributed by atoms with Crippen LogP contribution in [0, 0.1) is 12.8 Å². The van der Waals surface area contributed by atoms with Crippen LogP contribution in [0.15, 0.2) is 12.3 Å². The number of amides is 1. The highest BCUT2D eigenvalue weighted by Gasteiger charge is 2.33. The molecule has 0 spiro atoms. The van der Waals surface area contributed by atoms with Crippen LogP contribution in [-0.2, 0) is 9.53 Å². The molecule has 1 fully saturated rings. The molecule has 0 saturated carbocycles. The molecule has 2 heterocycles. The summed E-state index contributed by atoms with van der Waals surface area (Å²) >= 11 is 5.97. The average Bonchev–Trinajstić information content (AvgIpc) is 2.82. The van der Waals surface area contributed by atoms with Gasteiger partial charge in [0.25, 0.3) is 0 Å². The van der Waals surface area contributed by atoms with Crippen molar-refractivity contribution in [2.75, 3.05) is 25.1 Å². The lowest BCUT2D eigenvalue weighted by Crippen LogP contribution is -2.41. The highest BCUT2D eigenvalue weighted by molar-refractivity contribution is 6.32. The molecular weight excluding hydrogens is 266 g/mol. The number of hydrogen-bond acceptors (Lipinski definition) is 4. The summed E-state index contributed by atoms with van der Waals surface area (Å²) < 4.78 is 5.36. The number of carbonyl (C=O) groups excluding carboxylic acids is 1. The van der Waals surface area contributed by atoms with Crippen molar-refractivity contribution >= 4 is 23.2 Å². The van der Waals surface area contributed by atoms with E-state index in [9.17, 15) is 4.79 Å². The molecule has 1 amide bonds. The third-order valence-electron chi connectivity index (χ3n) is 3.12. The summed E-state index contributed by atoms with van der Waals surface area (Å²) in [5.74, 6) is -0.283. The lowest BCUT2D eigenvalue weighted by Gasteiger charge is -2.18. The minimum atomic E-state index is -0.198. The van der Waals surface area contributed by atoms with E-state index in [4.69, 9.17) is 16.3 Å². The van der Waals surface area contributed by atoms with Gasteiger partial charge in [0.05, 0.1) is 24.8 Å². The van der Waals surface area contributed by atoms with Crippen molar-refractivity contribution in [2.45, 2.75) is 19.9 Å². The maximum absolute atomic E-state index is 12.2. The fourth-order valence-electron chi connectivity index (χ4n) is 2.14. The van der Waals surface area contributed by atoms with E-state index in [1.54, 1.807) is 6.20 Å². The standard InChI is InChI=1S/C13H18ClN3O2/c1-3-15-11-7-19-6-9(11)13(18)17-10-4-8(2)5-16-12(10)14/h4-5,9,11,15H,3,6-7H2,1-2H3,(H,17,18). The maximum Gasteiger partial charge on any atom is 0.231 e. The summed E-state index contributed by atoms with van der Waals surface area (Å²) in [6.07, 6.45) is 1.66. The van der Waals surface area contributed by atoms with Crippen LogP contribution < -0.4 is 10.6 Å². The molecule has 1 saturated heterocycles. The van der Waals surface area contributed by atoms with Gasteiger partial charge in [0, 0.05) is 12.2 Å². The van der Waals surface area contributed by atoms with Gasteiger partial charge in [0.1, 0.15) is 0 Å². The van der Waals surface area contributed by atoms with Gasteiger partial charge in [-0.25, -0.2) is 4.98 Å². The fraction of sp³-hybridized carbons (Fsp3) is 0.538. The predicted octanol–water partition coefficient (Wildman–Crippen LogP) is 1.61. The molecule has 2 N–H and O–H groups in total. The Bertz CT molecular complexity index is 467. The lowest BCUT2D eigenvalue weighted by molar-refractivity contribution is -0.120. The Balaban J connectivity index is 2.06. The first-order valence-electron chi connectivity index (χ1n) is 6.36. The second kappa shape index (κ2) is 6.32. The predicted molar refractivity (Wildman–Crippen MR) is 74.4 cm³/mol. The molecule has 104 valence electrons. The number of pyridine rings is 1. The van der Waals surface area contributed by atoms with Crippen molar-refractivity contribution in [3.8, 4) is 0 Å². The van der Waals surface area contributed by atoms with Crippen LogP contribution in [0.1, 0.15) is 12.5 Å². The topological polar surface area (TPSA) is 63.2 Å². The van der Waals surface area contributed by atoms with E-state index in [0.29, 0.717) is 24.1 Å². The first-order valence-corrected chi connectivity index (χ1v) is 6.73. The van der Waals surface area contributed by atoms with Crippen molar-refractivity contribution in [3.05, 3.63) is 23.0 Å². The van der Waals surface area contributed by atoms with Crippen LogP contribution >= 0.6 is 11.6 Å². The van der Waals surface area contributed by atoms with Gasteiger partial charge in [-0.05, 0) is 25.1 Å². The minimum absolute atomic E-state index is 0.0570. The zero-order valence-electron chi connectivity index (χ0n) is 11.1. The zero-order valence-corrected chi connectivity index (χ0v) is 11.8. The molecule has 1 aromatic heterocycles. The van der Waals surface area contributed by atoms with Crippen molar-refractivity contribution < 1.29 is 9.53 Å². The van der Waals surface area contributed by atoms with Gasteiger partial charge in [-0.3, -0.25) is 4.79 Å². The van der Waals surface area contributed by atoms with E-state index in [2.05, 4.69) is 15.6 Å². The number of hydrogen-bond donors (Lipinski definition) is 2. The largest absolute Gasteiger partial charge is 0.379 e. The third kappa shape index (κ3) is 3.43. The van der Waals surface area contributed by atoms with Crippen LogP contribution in [0.5, 0.6) is 0 Å². The number of halogens is 1. The van der Waals surface area contributed by atoms with Crippen molar-refractivity contribution in [3.63, 3.8) is 0 Å². The molecule has 0 aromatic carbocycles. The Morgan fingerprint density at radius 1 is 1.58 bits per heavy atom. The number of anilines is 1. The Hall–Kier alpha value is -1.17. The van der Waals surface area contributed by atoms with Gasteiger partial charge < -0.3 is 15.4 Å². The van der Waals surface area contributed by atoms with Crippen LogP contribution in [-0.4, -0.2) is 36.7 Å². The van der Waals surface area contributed by atoms with Crippen LogP contribution in [0.3, 0.4) is 0 Å². The summed E-state index contributed by atoms with van der Waals surface area (Å²) in [6.45, 7) is 5.71. The molecule has 2 atom stereocenters. The first kappa shape index (κ1) is 14.2. The number of aromatic nitrogens is 1. The van der Waals surface area contributed by atoms with Gasteiger partial charge in [-0.1, -0.05) is 18.5 Å². The molecule has 1 aliphatic heterocycles. The second-order valence-corrected chi connectivity index (χ2v) is 5.01. The number of nitrogens with zero attached hydrogens (tertiary/aromatic N) is 1. The summed E-state index contributed by atoms with van der Waals surface area (Å²) in [7, 11) is 0. The molecule has 1 aliphatic rings. The maximum atomic E-state index is 12.2. The Labute approximate surface area is 117 Å². The van der Waals surface area contributed by atoms with Gasteiger partial charge in [-0.15, -0.1) is 0 Å². The lowest BCUT2D eigenvalue weighted by atomic mass is 10.0. The van der Waals surface area contributed by atoms with E-state index >= 15 is 0 Å². The molecule has 0 bridgehead atoms. The molecule has 6 heteroatoms. The van der Waals surface area contributed by atoms with Gasteiger partial charge >= 0.3 is 0 Å². The fourth-order valence-corrected chi connectivity index (χ4v) is 2.29. The number of aryl methyl sites for hydroxylation is 1. The van der Waals surface area contributed by atoms with E-state index in [1.165, 1.54) is 0 Å². The Morgan fingerprint density at radius 3 is 3.11 bits per heavy atom. The molecular formula is C13H18ClN3O2. The molecule has 0 radical (unpaired) electrons. The second-order valence-electron chi connectivity index (χ2n) is 4.65. The van der Waals surface area contributed by atoms with Crippen LogP contribution in [0.25, 0.3) is 0 Å². The Morgan fingerprint density at radius 2 is 2.37 bits per heavy atom. The van der Waals surface area contributed by atoms with E-state index in [-0.39, 0.29) is 17.9 Å². The van der Waals surface area contributed by atoms with Crippen LogP contribution in [0.2, 0.25) is 5.15 Å². The highest BCUT2D eigenvalue weighted by atomic mass is 35.5. The summed E-state index contributed by atoms with van der Waals surface area (Å²) in [4.78, 5) is 16.3. The number of ether oxygens (including phenoxy) is 1. The van der Waals surface area contributed by atoms with Gasteiger partial charge in [0.2, 0.25) is 5.91 Å². The Kier molecular flexibility index (Phi) is 4.74. The summed E-state index contributed by atoms with van der Waals surface area (Å²) in [5.41, 5.74) is 1.50. The summed E-state index contributed by atoms with van der Waals surface area (Å²) in [6, 6.07) is 1.87. The number of rotatable bonds is 4. The summed E-state index contributed by atoms with van der Waals surface area (Å²) in [5, 5.41) is 6.38. The minimum Gasteiger partial charge on any atom is -0.379 e. The third-order valence-corrected chi connectivity index (χ3v) is 3.42. The normalized spacial score (nSPS) is 22.5. The quantitative estimate of drug-likeness (QED) is 0.824. The number of likely N-dealkylation sites (N-methyl/N-ethyl adjacent to an activating group) is 1. The van der Waals surface area contributed by atoms with Crippen LogP contribution in [0.4, 0.5) is 5.69 Å². The first-order chi connectivity index (χ1) is 9.11. The molecule has 19 heavy (non-hydrogen) atoms. The number of carbonyl (C=O) groups is 1. The molecule has 2 unspecified atom stereocenters. The van der Waals surface area contributed by atoms with Crippen molar-refractivity contribution in [1.29, 1.82) is 0 Å². The number of nitrogens with one attached hydrogen (secondary N) is 2. The van der Waals surface area contributed by atoms with Crippen molar-refractivity contribution in [2.24, 2.45) is 5.92 Å². The average molecular weight is 284 g/mol. The molecule has 1 aromatic rings. The van der Waals surface area contributed by atoms with E-state index in [1.807, 2.05) is 19.9 Å². The van der Waals surface area contributed by atoms with Crippen molar-refractivity contribution in [1.82, 2.24) is 10.3 Å². The molecule has 5 nitrogen and oxygen atoms in total. The SMILES string of the molecule is CCNC1COCC1C(=O)Nc1cc(C)cnc1Cl. The van der Waals surface area contributed by atoms with E-state index in [0.717, 1.165) is 12.1 Å². The highest BCUT2D eigenvalue weighted by Crippen LogP contribution is 2.22. The monoisotopic (exact) mass is 283 g/mol. The molecule has 2 rings (SSSR count). The van der Waals surface area contributed by atoms with Gasteiger partial charge in [0.15, 0.2) is 5.15 Å². The molecule has 0 aliphatic carbocycles. The zero-order chi connectivity index (χ0) is 13.8. The van der Waals surface area contributed by atoms with E-state index < -0.39 is 0 Å². The smallest absolute Gasteiger partial charge is 0.231 e.